The summed E-state index contributed by atoms with van der Waals surface area (Å²) in [6, 6.07) is 8.07. The Morgan fingerprint density at radius 3 is 2.94 bits per heavy atom. The van der Waals surface area contributed by atoms with Crippen LogP contribution in [0.1, 0.15) is 12.0 Å². The van der Waals surface area contributed by atoms with Crippen LogP contribution in [0.25, 0.3) is 0 Å². The number of nitrogens with two attached hydrogens (primary N) is 1. The summed E-state index contributed by atoms with van der Waals surface area (Å²) in [6.07, 6.45) is 1.19. The molecule has 1 fully saturated rings. The molecule has 0 bridgehead atoms. The summed E-state index contributed by atoms with van der Waals surface area (Å²) >= 11 is 8.01. The smallest absolute Gasteiger partial charge is 0.0430 e. The van der Waals surface area contributed by atoms with Crippen molar-refractivity contribution in [3.05, 3.63) is 34.9 Å². The zero-order chi connectivity index (χ0) is 12.3. The Bertz CT molecular complexity index is 377. The van der Waals surface area contributed by atoms with Gasteiger partial charge in [0.15, 0.2) is 0 Å². The zero-order valence-electron chi connectivity index (χ0n) is 10.2. The predicted octanol–water partition coefficient (Wildman–Crippen LogP) is 2.61. The van der Waals surface area contributed by atoms with Gasteiger partial charge in [0.2, 0.25) is 0 Å². The van der Waals surface area contributed by atoms with Gasteiger partial charge in [-0.2, -0.15) is 11.8 Å². The highest BCUT2D eigenvalue weighted by Crippen LogP contribution is 2.32. The highest BCUT2D eigenvalue weighted by Gasteiger charge is 2.36. The van der Waals surface area contributed by atoms with Gasteiger partial charge >= 0.3 is 0 Å². The molecule has 0 spiro atoms. The fourth-order valence-electron chi connectivity index (χ4n) is 2.29. The molecule has 94 valence electrons. The molecule has 0 saturated carbocycles. The molecule has 0 aliphatic carbocycles. The third-order valence-corrected chi connectivity index (χ3v) is 5.05. The summed E-state index contributed by atoms with van der Waals surface area (Å²) < 4.78 is 0. The molecule has 17 heavy (non-hydrogen) atoms. The molecule has 0 amide bonds. The van der Waals surface area contributed by atoms with Gasteiger partial charge in [0.05, 0.1) is 0 Å². The third kappa shape index (κ3) is 2.97. The van der Waals surface area contributed by atoms with Gasteiger partial charge < -0.3 is 5.73 Å². The molecular formula is C13H19ClN2S. The highest BCUT2D eigenvalue weighted by molar-refractivity contribution is 7.99. The van der Waals surface area contributed by atoms with Crippen molar-refractivity contribution in [2.75, 3.05) is 25.1 Å². The molecule has 4 heteroatoms. The number of benzene rings is 1. The van der Waals surface area contributed by atoms with Crippen molar-refractivity contribution in [2.45, 2.75) is 18.5 Å². The Morgan fingerprint density at radius 2 is 2.35 bits per heavy atom. The van der Waals surface area contributed by atoms with Gasteiger partial charge in [-0.15, -0.1) is 0 Å². The average molecular weight is 271 g/mol. The molecule has 2 nitrogen and oxygen atoms in total. The maximum Gasteiger partial charge on any atom is 0.0430 e. The molecule has 1 heterocycles. The molecule has 1 aliphatic heterocycles. The van der Waals surface area contributed by atoms with Gasteiger partial charge in [-0.05, 0) is 36.9 Å². The van der Waals surface area contributed by atoms with E-state index in [4.69, 9.17) is 17.3 Å². The minimum atomic E-state index is 0.174. The van der Waals surface area contributed by atoms with E-state index in [0.29, 0.717) is 0 Å². The average Bonchev–Trinajstić information content (AvgIpc) is 2.78. The Hall–Kier alpha value is -0.220. The summed E-state index contributed by atoms with van der Waals surface area (Å²) in [7, 11) is 2.17. The van der Waals surface area contributed by atoms with E-state index >= 15 is 0 Å². The Kier molecular flexibility index (Phi) is 4.36. The summed E-state index contributed by atoms with van der Waals surface area (Å²) in [5, 5.41) is 0.804. The van der Waals surface area contributed by atoms with Crippen LogP contribution in [0.3, 0.4) is 0 Å². The fraction of sp³-hybridized carbons (Fsp3) is 0.538. The topological polar surface area (TPSA) is 29.3 Å². The molecule has 1 atom stereocenters. The minimum Gasteiger partial charge on any atom is -0.329 e. The van der Waals surface area contributed by atoms with E-state index < -0.39 is 0 Å². The van der Waals surface area contributed by atoms with Crippen LogP contribution in [-0.4, -0.2) is 35.5 Å². The number of hydrogen-bond acceptors (Lipinski definition) is 3. The van der Waals surface area contributed by atoms with Crippen molar-refractivity contribution in [3.63, 3.8) is 0 Å². The first-order valence-electron chi connectivity index (χ1n) is 5.90. The number of thioether (sulfide) groups is 1. The third-order valence-electron chi connectivity index (χ3n) is 3.58. The van der Waals surface area contributed by atoms with E-state index in [0.717, 1.165) is 23.9 Å². The molecule has 2 rings (SSSR count). The van der Waals surface area contributed by atoms with Gasteiger partial charge in [-0.3, -0.25) is 4.90 Å². The van der Waals surface area contributed by atoms with Gasteiger partial charge in [-0.25, -0.2) is 0 Å². The van der Waals surface area contributed by atoms with Gasteiger partial charge in [0, 0.05) is 29.4 Å². The van der Waals surface area contributed by atoms with E-state index in [-0.39, 0.29) is 5.54 Å². The number of halogens is 1. The summed E-state index contributed by atoms with van der Waals surface area (Å²) in [6.45, 7) is 1.65. The SMILES string of the molecule is CN(Cc1cccc(Cl)c1)C1(CN)CCSC1. The Labute approximate surface area is 113 Å². The quantitative estimate of drug-likeness (QED) is 0.912. The lowest BCUT2D eigenvalue weighted by Gasteiger charge is -2.37. The first kappa shape index (κ1) is 13.2. The molecule has 0 radical (unpaired) electrons. The standard InChI is InChI=1S/C13H19ClN2S/c1-16(13(9-15)5-6-17-10-13)8-11-3-2-4-12(14)7-11/h2-4,7H,5-6,8-10,15H2,1H3. The zero-order valence-corrected chi connectivity index (χ0v) is 11.7. The van der Waals surface area contributed by atoms with Crippen LogP contribution in [0.5, 0.6) is 0 Å². The van der Waals surface area contributed by atoms with Crippen molar-refractivity contribution >= 4 is 23.4 Å². The monoisotopic (exact) mass is 270 g/mol. The molecule has 1 unspecified atom stereocenters. The van der Waals surface area contributed by atoms with E-state index in [1.807, 2.05) is 30.0 Å². The van der Waals surface area contributed by atoms with Gasteiger partial charge in [0.25, 0.3) is 0 Å². The normalized spacial score (nSPS) is 24.5. The minimum absolute atomic E-state index is 0.174. The molecule has 2 N–H and O–H groups in total. The molecular weight excluding hydrogens is 252 g/mol. The molecule has 1 aromatic carbocycles. The second-order valence-corrected chi connectivity index (χ2v) is 6.26. The van der Waals surface area contributed by atoms with E-state index in [1.165, 1.54) is 17.7 Å². The molecule has 1 aliphatic rings. The van der Waals surface area contributed by atoms with Crippen LogP contribution in [0.15, 0.2) is 24.3 Å². The summed E-state index contributed by atoms with van der Waals surface area (Å²) in [4.78, 5) is 2.39. The van der Waals surface area contributed by atoms with Crippen LogP contribution >= 0.6 is 23.4 Å². The van der Waals surface area contributed by atoms with Gasteiger partial charge in [-0.1, -0.05) is 23.7 Å². The van der Waals surface area contributed by atoms with Crippen LogP contribution in [0, 0.1) is 0 Å². The first-order valence-corrected chi connectivity index (χ1v) is 7.43. The van der Waals surface area contributed by atoms with E-state index in [2.05, 4.69) is 18.0 Å². The van der Waals surface area contributed by atoms with Crippen molar-refractivity contribution in [2.24, 2.45) is 5.73 Å². The number of nitrogens with zero attached hydrogens (tertiary/aromatic N) is 1. The first-order chi connectivity index (χ1) is 8.16. The predicted molar refractivity (Wildman–Crippen MR) is 76.6 cm³/mol. The maximum absolute atomic E-state index is 6.01. The van der Waals surface area contributed by atoms with Crippen LogP contribution in [0.4, 0.5) is 0 Å². The van der Waals surface area contributed by atoms with Crippen LogP contribution in [-0.2, 0) is 6.54 Å². The van der Waals surface area contributed by atoms with Crippen molar-refractivity contribution in [1.29, 1.82) is 0 Å². The number of likely N-dealkylation sites (N-methyl/N-ethyl adjacent to an activating group) is 1. The lowest BCUT2D eigenvalue weighted by atomic mass is 9.96. The lowest BCUT2D eigenvalue weighted by molar-refractivity contribution is 0.143. The summed E-state index contributed by atoms with van der Waals surface area (Å²) in [5.74, 6) is 2.36. The molecule has 1 saturated heterocycles. The van der Waals surface area contributed by atoms with E-state index in [1.54, 1.807) is 0 Å². The van der Waals surface area contributed by atoms with Crippen molar-refractivity contribution < 1.29 is 0 Å². The summed E-state index contributed by atoms with van der Waals surface area (Å²) in [5.41, 5.74) is 7.40. The molecule has 0 aromatic heterocycles. The second kappa shape index (κ2) is 5.61. The number of rotatable bonds is 4. The number of hydrogen-bond donors (Lipinski definition) is 1. The Balaban J connectivity index is 2.07. The van der Waals surface area contributed by atoms with Gasteiger partial charge in [0.1, 0.15) is 0 Å². The molecule has 1 aromatic rings. The lowest BCUT2D eigenvalue weighted by Crippen LogP contribution is -2.51. The Morgan fingerprint density at radius 1 is 1.53 bits per heavy atom. The second-order valence-electron chi connectivity index (χ2n) is 4.72. The highest BCUT2D eigenvalue weighted by atomic mass is 35.5. The van der Waals surface area contributed by atoms with Crippen molar-refractivity contribution in [1.82, 2.24) is 4.90 Å². The van der Waals surface area contributed by atoms with Crippen molar-refractivity contribution in [3.8, 4) is 0 Å². The van der Waals surface area contributed by atoms with Crippen LogP contribution < -0.4 is 5.73 Å². The largest absolute Gasteiger partial charge is 0.329 e. The van der Waals surface area contributed by atoms with E-state index in [9.17, 15) is 0 Å². The maximum atomic E-state index is 6.01. The van der Waals surface area contributed by atoms with Crippen LogP contribution in [0.2, 0.25) is 5.02 Å². The fourth-order valence-corrected chi connectivity index (χ4v) is 4.04.